The average molecular weight is 410 g/mol. The van der Waals surface area contributed by atoms with E-state index in [-0.39, 0.29) is 10.9 Å². The molecule has 156 valence electrons. The first kappa shape index (κ1) is 22.6. The van der Waals surface area contributed by atoms with Crippen LogP contribution in [-0.4, -0.2) is 52.5 Å². The zero-order valence-electron chi connectivity index (χ0n) is 17.3. The van der Waals surface area contributed by atoms with E-state index in [0.29, 0.717) is 5.92 Å². The molecule has 1 aromatic rings. The van der Waals surface area contributed by atoms with Crippen LogP contribution in [0, 0.1) is 18.3 Å². The second kappa shape index (κ2) is 7.61. The second-order valence-electron chi connectivity index (χ2n) is 8.63. The van der Waals surface area contributed by atoms with Crippen molar-refractivity contribution in [2.24, 2.45) is 5.92 Å². The summed E-state index contributed by atoms with van der Waals surface area (Å²) < 4.78 is 13.5. The fourth-order valence-electron chi connectivity index (χ4n) is 3.24. The number of nitrogens with two attached hydrogens (primary N) is 1. The number of terminal acetylenes is 1. The van der Waals surface area contributed by atoms with Crippen LogP contribution in [0.25, 0.3) is 0 Å². The molecule has 0 spiro atoms. The molecule has 0 aromatic carbocycles. The number of anilines is 1. The van der Waals surface area contributed by atoms with Crippen molar-refractivity contribution in [2.75, 3.05) is 12.3 Å². The van der Waals surface area contributed by atoms with Gasteiger partial charge in [-0.3, -0.25) is 4.57 Å². The molecule has 0 unspecified atom stereocenters. The maximum Gasteiger partial charge on any atom is 0.351 e. The minimum atomic E-state index is -2.49. The van der Waals surface area contributed by atoms with Crippen LogP contribution in [0.1, 0.15) is 33.9 Å². The Morgan fingerprint density at radius 2 is 2.14 bits per heavy atom. The Bertz CT molecular complexity index is 817. The van der Waals surface area contributed by atoms with Crippen LogP contribution in [-0.2, 0) is 9.16 Å². The summed E-state index contributed by atoms with van der Waals surface area (Å²) in [4.78, 5) is 16.1. The van der Waals surface area contributed by atoms with Gasteiger partial charge in [-0.05, 0) is 30.1 Å². The Labute approximate surface area is 166 Å². The number of ether oxygens (including phenoxy) is 1. The zero-order chi connectivity index (χ0) is 21.5. The number of nitrogen functional groups attached to an aromatic ring is 1. The van der Waals surface area contributed by atoms with E-state index in [1.807, 2.05) is 13.1 Å². The van der Waals surface area contributed by atoms with Gasteiger partial charge in [-0.15, -0.1) is 6.42 Å². The molecular weight excluding hydrogens is 378 g/mol. The molecule has 2 rings (SSSR count). The van der Waals surface area contributed by atoms with Crippen LogP contribution in [0.5, 0.6) is 0 Å². The lowest BCUT2D eigenvalue weighted by Crippen LogP contribution is -2.56. The highest BCUT2D eigenvalue weighted by Crippen LogP contribution is 2.48. The molecule has 8 nitrogen and oxygen atoms in total. The molecule has 4 atom stereocenters. The van der Waals surface area contributed by atoms with Crippen molar-refractivity contribution in [1.82, 2.24) is 9.55 Å². The smallest absolute Gasteiger partial charge is 0.351 e. The highest BCUT2D eigenvalue weighted by molar-refractivity contribution is 6.74. The fourth-order valence-corrected chi connectivity index (χ4v) is 5.87. The Hall–Kier alpha value is -1.70. The third-order valence-corrected chi connectivity index (χ3v) is 11.0. The Morgan fingerprint density at radius 1 is 1.54 bits per heavy atom. The van der Waals surface area contributed by atoms with Gasteiger partial charge < -0.3 is 25.1 Å². The molecule has 1 aliphatic heterocycles. The summed E-state index contributed by atoms with van der Waals surface area (Å²) in [7, 11) is -2.49. The van der Waals surface area contributed by atoms with Gasteiger partial charge >= 0.3 is 5.69 Å². The van der Waals surface area contributed by atoms with Gasteiger partial charge in [0, 0.05) is 6.20 Å². The molecule has 0 saturated carbocycles. The largest absolute Gasteiger partial charge is 0.405 e. The molecule has 4 N–H and O–H groups in total. The van der Waals surface area contributed by atoms with E-state index in [0.717, 1.165) is 0 Å². The SMILES string of the molecule is C#C[C@@]1(O)[C@@H](CO)O[C@H](n2ccc(N)nc2=O)[C@@H]1O[Si](C)(C)C(C)(C)C(C)C. The summed E-state index contributed by atoms with van der Waals surface area (Å²) in [6.07, 6.45) is 3.84. The van der Waals surface area contributed by atoms with Crippen molar-refractivity contribution in [3.8, 4) is 12.3 Å². The van der Waals surface area contributed by atoms with Crippen molar-refractivity contribution in [3.63, 3.8) is 0 Å². The van der Waals surface area contributed by atoms with Crippen LogP contribution >= 0.6 is 0 Å². The molecular formula is C19H31N3O5Si. The number of aliphatic hydroxyl groups is 2. The summed E-state index contributed by atoms with van der Waals surface area (Å²) in [6.45, 7) is 12.0. The predicted octanol–water partition coefficient (Wildman–Crippen LogP) is 1.11. The quantitative estimate of drug-likeness (QED) is 0.475. The molecule has 1 fully saturated rings. The second-order valence-corrected chi connectivity index (χ2v) is 13.2. The lowest BCUT2D eigenvalue weighted by Gasteiger charge is -2.46. The molecule has 0 bridgehead atoms. The van der Waals surface area contributed by atoms with E-state index in [2.05, 4.69) is 38.6 Å². The number of nitrogens with zero attached hydrogens (tertiary/aromatic N) is 2. The third-order valence-electron chi connectivity index (χ3n) is 6.43. The summed E-state index contributed by atoms with van der Waals surface area (Å²) in [5.74, 6) is 2.71. The van der Waals surface area contributed by atoms with E-state index in [9.17, 15) is 15.0 Å². The van der Waals surface area contributed by atoms with Gasteiger partial charge in [-0.1, -0.05) is 33.6 Å². The summed E-state index contributed by atoms with van der Waals surface area (Å²) >= 11 is 0. The van der Waals surface area contributed by atoms with Crippen molar-refractivity contribution >= 4 is 14.1 Å². The fraction of sp³-hybridized carbons (Fsp3) is 0.684. The van der Waals surface area contributed by atoms with Gasteiger partial charge in [0.25, 0.3) is 0 Å². The molecule has 2 heterocycles. The molecule has 28 heavy (non-hydrogen) atoms. The van der Waals surface area contributed by atoms with E-state index < -0.39 is 44.7 Å². The predicted molar refractivity (Wildman–Crippen MR) is 109 cm³/mol. The molecule has 0 radical (unpaired) electrons. The van der Waals surface area contributed by atoms with E-state index in [1.54, 1.807) is 0 Å². The van der Waals surface area contributed by atoms with Crippen LogP contribution < -0.4 is 11.4 Å². The lowest BCUT2D eigenvalue weighted by molar-refractivity contribution is -0.0624. The van der Waals surface area contributed by atoms with Gasteiger partial charge in [0.15, 0.2) is 20.1 Å². The van der Waals surface area contributed by atoms with Crippen molar-refractivity contribution in [3.05, 3.63) is 22.7 Å². The number of hydrogen-bond acceptors (Lipinski definition) is 7. The van der Waals surface area contributed by atoms with Crippen LogP contribution in [0.15, 0.2) is 17.1 Å². The number of aromatic nitrogens is 2. The molecule has 1 saturated heterocycles. The van der Waals surface area contributed by atoms with Gasteiger partial charge in [0.1, 0.15) is 18.0 Å². The summed E-state index contributed by atoms with van der Waals surface area (Å²) in [5, 5.41) is 20.7. The van der Waals surface area contributed by atoms with E-state index in [4.69, 9.17) is 21.3 Å². The minimum absolute atomic E-state index is 0.0679. The van der Waals surface area contributed by atoms with E-state index in [1.165, 1.54) is 16.8 Å². The normalized spacial score (nSPS) is 28.5. The van der Waals surface area contributed by atoms with E-state index >= 15 is 0 Å². The highest BCUT2D eigenvalue weighted by atomic mass is 28.4. The zero-order valence-corrected chi connectivity index (χ0v) is 18.3. The first-order valence-electron chi connectivity index (χ1n) is 9.30. The minimum Gasteiger partial charge on any atom is -0.405 e. The molecule has 9 heteroatoms. The average Bonchev–Trinajstić information content (AvgIpc) is 2.87. The molecule has 0 amide bonds. The maximum absolute atomic E-state index is 12.4. The summed E-state index contributed by atoms with van der Waals surface area (Å²) in [6, 6.07) is 1.45. The molecule has 1 aliphatic rings. The van der Waals surface area contributed by atoms with Crippen LogP contribution in [0.2, 0.25) is 18.1 Å². The molecule has 1 aromatic heterocycles. The maximum atomic E-state index is 12.4. The van der Waals surface area contributed by atoms with Gasteiger partial charge in [0.2, 0.25) is 0 Å². The summed E-state index contributed by atoms with van der Waals surface area (Å²) in [5.41, 5.74) is 3.02. The van der Waals surface area contributed by atoms with Gasteiger partial charge in [-0.2, -0.15) is 4.98 Å². The highest BCUT2D eigenvalue weighted by Gasteiger charge is 2.59. The van der Waals surface area contributed by atoms with Crippen molar-refractivity contribution in [1.29, 1.82) is 0 Å². The third kappa shape index (κ3) is 3.63. The lowest BCUT2D eigenvalue weighted by atomic mass is 9.93. The Balaban J connectivity index is 2.56. The molecule has 0 aliphatic carbocycles. The van der Waals surface area contributed by atoms with Gasteiger partial charge in [-0.25, -0.2) is 4.79 Å². The number of rotatable bonds is 6. The Morgan fingerprint density at radius 3 is 2.61 bits per heavy atom. The Kier molecular flexibility index (Phi) is 6.14. The monoisotopic (exact) mass is 409 g/mol. The topological polar surface area (TPSA) is 120 Å². The standard InChI is InChI=1S/C19H31N3O5Si/c1-8-19(25)13(11-23)26-16(22-10-9-14(20)21-17(22)24)15(19)27-28(6,7)18(4,5)12(2)3/h1,9-10,12-13,15-16,23,25H,11H2,2-7H3,(H2,20,21,24)/t13-,15+,16+,19-/m1/s1. The first-order chi connectivity index (χ1) is 12.8. The van der Waals surface area contributed by atoms with Crippen LogP contribution in [0.4, 0.5) is 5.82 Å². The number of hydrogen-bond donors (Lipinski definition) is 3. The van der Waals surface area contributed by atoms with Crippen molar-refractivity contribution in [2.45, 2.75) is 69.9 Å². The first-order valence-corrected chi connectivity index (χ1v) is 12.2. The van der Waals surface area contributed by atoms with Crippen molar-refractivity contribution < 1.29 is 19.4 Å². The van der Waals surface area contributed by atoms with Gasteiger partial charge in [0.05, 0.1) is 6.61 Å². The number of aliphatic hydroxyl groups excluding tert-OH is 1. The van der Waals surface area contributed by atoms with Crippen LogP contribution in [0.3, 0.4) is 0 Å².